The average Bonchev–Trinajstić information content (AvgIpc) is 3.30. The Bertz CT molecular complexity index is 911. The zero-order valence-electron chi connectivity index (χ0n) is 14.5. The van der Waals surface area contributed by atoms with E-state index < -0.39 is 0 Å². The number of amides is 1. The van der Waals surface area contributed by atoms with E-state index in [9.17, 15) is 4.79 Å². The van der Waals surface area contributed by atoms with Gasteiger partial charge in [0, 0.05) is 31.9 Å². The van der Waals surface area contributed by atoms with Gasteiger partial charge in [-0.05, 0) is 19.1 Å². The summed E-state index contributed by atoms with van der Waals surface area (Å²) in [6, 6.07) is 4.05. The van der Waals surface area contributed by atoms with E-state index in [1.807, 2.05) is 30.8 Å². The standard InChI is InChI=1S/C16H19N7OS2/c1-4-7-23-13(9-12-6-5-8-22(12)3)19-21-16(23)25-10-14(24)17-15-20-18-11(2)26-15/h4-6,8H,1,7,9-10H2,2-3H3,(H,17,20,24). The van der Waals surface area contributed by atoms with Crippen molar-refractivity contribution in [1.29, 1.82) is 0 Å². The number of rotatable bonds is 8. The van der Waals surface area contributed by atoms with Crippen molar-refractivity contribution in [1.82, 2.24) is 29.5 Å². The van der Waals surface area contributed by atoms with Crippen molar-refractivity contribution in [3.05, 3.63) is 47.5 Å². The van der Waals surface area contributed by atoms with Crippen molar-refractivity contribution in [3.8, 4) is 0 Å². The van der Waals surface area contributed by atoms with Crippen molar-refractivity contribution in [2.45, 2.75) is 25.0 Å². The van der Waals surface area contributed by atoms with E-state index in [-0.39, 0.29) is 11.7 Å². The Kier molecular flexibility index (Phi) is 5.84. The molecule has 0 saturated heterocycles. The summed E-state index contributed by atoms with van der Waals surface area (Å²) in [5.41, 5.74) is 1.14. The maximum Gasteiger partial charge on any atom is 0.236 e. The summed E-state index contributed by atoms with van der Waals surface area (Å²) >= 11 is 2.68. The summed E-state index contributed by atoms with van der Waals surface area (Å²) in [5.74, 6) is 0.913. The zero-order chi connectivity index (χ0) is 18.5. The van der Waals surface area contributed by atoms with E-state index >= 15 is 0 Å². The second-order valence-corrected chi connectivity index (χ2v) is 7.67. The van der Waals surface area contributed by atoms with Crippen LogP contribution in [0.5, 0.6) is 0 Å². The van der Waals surface area contributed by atoms with Gasteiger partial charge in [0.2, 0.25) is 11.0 Å². The molecule has 26 heavy (non-hydrogen) atoms. The molecule has 3 rings (SSSR count). The van der Waals surface area contributed by atoms with Crippen LogP contribution in [0.2, 0.25) is 0 Å². The Labute approximate surface area is 159 Å². The molecule has 0 unspecified atom stereocenters. The predicted octanol–water partition coefficient (Wildman–Crippen LogP) is 2.28. The number of hydrogen-bond donors (Lipinski definition) is 1. The summed E-state index contributed by atoms with van der Waals surface area (Å²) in [6.45, 7) is 6.23. The molecule has 1 N–H and O–H groups in total. The lowest BCUT2D eigenvalue weighted by molar-refractivity contribution is -0.113. The second-order valence-electron chi connectivity index (χ2n) is 5.55. The molecule has 3 aromatic rings. The fraction of sp³-hybridized carbons (Fsp3) is 0.312. The van der Waals surface area contributed by atoms with Gasteiger partial charge in [-0.3, -0.25) is 10.1 Å². The first kappa shape index (κ1) is 18.3. The molecule has 3 heterocycles. The van der Waals surface area contributed by atoms with E-state index in [4.69, 9.17) is 0 Å². The summed E-state index contributed by atoms with van der Waals surface area (Å²) in [4.78, 5) is 12.1. The van der Waals surface area contributed by atoms with Crippen LogP contribution in [0.25, 0.3) is 0 Å². The maximum atomic E-state index is 12.1. The molecule has 0 aliphatic rings. The number of carbonyl (C=O) groups excluding carboxylic acids is 1. The molecule has 0 spiro atoms. The molecule has 0 aromatic carbocycles. The zero-order valence-corrected chi connectivity index (χ0v) is 16.2. The third kappa shape index (κ3) is 4.38. The Morgan fingerprint density at radius 1 is 1.38 bits per heavy atom. The van der Waals surface area contributed by atoms with Crippen LogP contribution in [0.1, 0.15) is 16.5 Å². The van der Waals surface area contributed by atoms with E-state index in [1.54, 1.807) is 6.08 Å². The number of thioether (sulfide) groups is 1. The van der Waals surface area contributed by atoms with Gasteiger partial charge in [0.1, 0.15) is 10.8 Å². The van der Waals surface area contributed by atoms with E-state index in [0.29, 0.717) is 23.3 Å². The van der Waals surface area contributed by atoms with E-state index in [2.05, 4.69) is 42.9 Å². The molecule has 0 aliphatic carbocycles. The first-order chi connectivity index (χ1) is 12.6. The molecule has 136 valence electrons. The van der Waals surface area contributed by atoms with Crippen LogP contribution in [0.4, 0.5) is 5.13 Å². The van der Waals surface area contributed by atoms with Crippen LogP contribution in [-0.2, 0) is 24.8 Å². The lowest BCUT2D eigenvalue weighted by Gasteiger charge is -2.08. The van der Waals surface area contributed by atoms with Gasteiger partial charge in [0.25, 0.3) is 0 Å². The molecule has 0 saturated carbocycles. The molecule has 1 amide bonds. The lowest BCUT2D eigenvalue weighted by Crippen LogP contribution is -2.14. The highest BCUT2D eigenvalue weighted by Crippen LogP contribution is 2.20. The second kappa shape index (κ2) is 8.28. The van der Waals surface area contributed by atoms with Crippen molar-refractivity contribution in [3.63, 3.8) is 0 Å². The highest BCUT2D eigenvalue weighted by atomic mass is 32.2. The molecule has 0 atom stereocenters. The van der Waals surface area contributed by atoms with Crippen LogP contribution in [0.3, 0.4) is 0 Å². The number of aromatic nitrogens is 6. The smallest absolute Gasteiger partial charge is 0.236 e. The summed E-state index contributed by atoms with van der Waals surface area (Å²) < 4.78 is 4.03. The topological polar surface area (TPSA) is 90.5 Å². The van der Waals surface area contributed by atoms with E-state index in [0.717, 1.165) is 16.5 Å². The number of anilines is 1. The van der Waals surface area contributed by atoms with Gasteiger partial charge in [-0.2, -0.15) is 0 Å². The molecule has 3 aromatic heterocycles. The number of nitrogens with zero attached hydrogens (tertiary/aromatic N) is 6. The molecule has 0 radical (unpaired) electrons. The first-order valence-electron chi connectivity index (χ1n) is 7.92. The van der Waals surface area contributed by atoms with Gasteiger partial charge < -0.3 is 9.13 Å². The Balaban J connectivity index is 1.66. The first-order valence-corrected chi connectivity index (χ1v) is 9.73. The van der Waals surface area contributed by atoms with Gasteiger partial charge in [-0.15, -0.1) is 27.0 Å². The molecule has 0 aliphatic heterocycles. The largest absolute Gasteiger partial charge is 0.354 e. The fourth-order valence-electron chi connectivity index (χ4n) is 2.34. The lowest BCUT2D eigenvalue weighted by atomic mass is 10.3. The quantitative estimate of drug-likeness (QED) is 0.469. The highest BCUT2D eigenvalue weighted by molar-refractivity contribution is 7.99. The SMILES string of the molecule is C=CCn1c(Cc2cccn2C)nnc1SCC(=O)Nc1nnc(C)s1. The predicted molar refractivity (Wildman–Crippen MR) is 102 cm³/mol. The number of aryl methyl sites for hydroxylation is 2. The van der Waals surface area contributed by atoms with Crippen molar-refractivity contribution in [2.75, 3.05) is 11.1 Å². The monoisotopic (exact) mass is 389 g/mol. The van der Waals surface area contributed by atoms with Crippen molar-refractivity contribution in [2.24, 2.45) is 7.05 Å². The molecule has 0 bridgehead atoms. The number of hydrogen-bond acceptors (Lipinski definition) is 7. The third-order valence-corrected chi connectivity index (χ3v) is 5.32. The van der Waals surface area contributed by atoms with Crippen LogP contribution in [0.15, 0.2) is 36.1 Å². The Morgan fingerprint density at radius 2 is 2.23 bits per heavy atom. The Hall–Kier alpha value is -2.46. The third-order valence-electron chi connectivity index (χ3n) is 3.60. The normalized spacial score (nSPS) is 10.8. The summed E-state index contributed by atoms with van der Waals surface area (Å²) in [7, 11) is 2.00. The summed E-state index contributed by atoms with van der Waals surface area (Å²) in [5, 5.41) is 21.1. The highest BCUT2D eigenvalue weighted by Gasteiger charge is 2.15. The van der Waals surface area contributed by atoms with Crippen molar-refractivity contribution < 1.29 is 4.79 Å². The maximum absolute atomic E-state index is 12.1. The van der Waals surface area contributed by atoms with Gasteiger partial charge in [-0.1, -0.05) is 29.2 Å². The van der Waals surface area contributed by atoms with Gasteiger partial charge in [0.05, 0.1) is 5.75 Å². The van der Waals surface area contributed by atoms with Crippen molar-refractivity contribution >= 4 is 34.1 Å². The average molecular weight is 390 g/mol. The molecule has 10 heteroatoms. The van der Waals surface area contributed by atoms with Crippen LogP contribution < -0.4 is 5.32 Å². The Morgan fingerprint density at radius 3 is 2.88 bits per heavy atom. The van der Waals surface area contributed by atoms with Gasteiger partial charge in [-0.25, -0.2) is 0 Å². The summed E-state index contributed by atoms with van der Waals surface area (Å²) in [6.07, 6.45) is 4.46. The minimum atomic E-state index is -0.150. The molecular formula is C16H19N7OS2. The van der Waals surface area contributed by atoms with Crippen LogP contribution >= 0.6 is 23.1 Å². The van der Waals surface area contributed by atoms with Gasteiger partial charge in [0.15, 0.2) is 5.16 Å². The van der Waals surface area contributed by atoms with Crippen LogP contribution in [0, 0.1) is 6.92 Å². The minimum Gasteiger partial charge on any atom is -0.354 e. The minimum absolute atomic E-state index is 0.150. The molecule has 0 fully saturated rings. The van der Waals surface area contributed by atoms with Crippen LogP contribution in [-0.4, -0.2) is 41.2 Å². The number of carbonyl (C=O) groups is 1. The van der Waals surface area contributed by atoms with Gasteiger partial charge >= 0.3 is 0 Å². The van der Waals surface area contributed by atoms with E-state index in [1.165, 1.54) is 23.1 Å². The molecule has 8 nitrogen and oxygen atoms in total. The fourth-order valence-corrected chi connectivity index (χ4v) is 3.72. The number of nitrogens with one attached hydrogen (secondary N) is 1. The number of allylic oxidation sites excluding steroid dienone is 1. The molecular weight excluding hydrogens is 370 g/mol.